The van der Waals surface area contributed by atoms with Gasteiger partial charge >= 0.3 is 7.82 Å². The second-order valence-corrected chi connectivity index (χ2v) is 5.26. The summed E-state index contributed by atoms with van der Waals surface area (Å²) in [7, 11) is -3.26. The smallest absolute Gasteiger partial charge is 0.286 e. The van der Waals surface area contributed by atoms with E-state index in [0.29, 0.717) is 6.61 Å². The second kappa shape index (κ2) is 4.09. The molecule has 0 aromatic rings. The molecular weight excluding hydrogens is 191 g/mol. The summed E-state index contributed by atoms with van der Waals surface area (Å²) >= 11 is 0. The minimum Gasteiger partial charge on any atom is -0.286 e. The molecule has 0 radical (unpaired) electrons. The van der Waals surface area contributed by atoms with Gasteiger partial charge in [0.1, 0.15) is 0 Å². The molecule has 0 saturated carbocycles. The van der Waals surface area contributed by atoms with Crippen LogP contribution in [0.5, 0.6) is 0 Å². The van der Waals surface area contributed by atoms with Gasteiger partial charge in [-0.1, -0.05) is 6.92 Å². The van der Waals surface area contributed by atoms with Crippen LogP contribution in [0.2, 0.25) is 0 Å². The molecule has 1 fully saturated rings. The molecule has 0 amide bonds. The van der Waals surface area contributed by atoms with Gasteiger partial charge in [0.2, 0.25) is 0 Å². The van der Waals surface area contributed by atoms with E-state index in [-0.39, 0.29) is 18.1 Å². The third-order valence-electron chi connectivity index (χ3n) is 1.93. The van der Waals surface area contributed by atoms with Crippen LogP contribution in [0, 0.1) is 5.92 Å². The molecule has 4 nitrogen and oxygen atoms in total. The van der Waals surface area contributed by atoms with Gasteiger partial charge in [-0.2, -0.15) is 0 Å². The quantitative estimate of drug-likeness (QED) is 0.654. The minimum absolute atomic E-state index is 0.0710. The van der Waals surface area contributed by atoms with Crippen LogP contribution in [0.25, 0.3) is 0 Å². The largest absolute Gasteiger partial charge is 0.475 e. The average Bonchev–Trinajstić information content (AvgIpc) is 1.96. The van der Waals surface area contributed by atoms with Crippen LogP contribution in [0.1, 0.15) is 27.7 Å². The van der Waals surface area contributed by atoms with Crippen molar-refractivity contribution in [3.63, 3.8) is 0 Å². The fourth-order valence-electron chi connectivity index (χ4n) is 0.996. The zero-order valence-electron chi connectivity index (χ0n) is 8.52. The Morgan fingerprint density at radius 2 is 2.08 bits per heavy atom. The van der Waals surface area contributed by atoms with Gasteiger partial charge in [-0.15, -0.1) is 0 Å². The van der Waals surface area contributed by atoms with E-state index in [1.54, 1.807) is 13.8 Å². The second-order valence-electron chi connectivity index (χ2n) is 3.68. The summed E-state index contributed by atoms with van der Waals surface area (Å²) in [6.07, 6.45) is -0.218. The van der Waals surface area contributed by atoms with Crippen molar-refractivity contribution in [1.82, 2.24) is 0 Å². The summed E-state index contributed by atoms with van der Waals surface area (Å²) in [5.74, 6) is 0.262. The Bertz CT molecular complexity index is 216. The van der Waals surface area contributed by atoms with Crippen molar-refractivity contribution in [2.24, 2.45) is 5.92 Å². The fourth-order valence-corrected chi connectivity index (χ4v) is 2.72. The summed E-state index contributed by atoms with van der Waals surface area (Å²) in [5.41, 5.74) is 0. The SMILES string of the molecule is CC(C)OP1(=O)OCC(C)C(C)O1. The Labute approximate surface area is 79.2 Å². The molecule has 1 aliphatic heterocycles. The predicted octanol–water partition coefficient (Wildman–Crippen LogP) is 2.59. The van der Waals surface area contributed by atoms with E-state index in [1.807, 2.05) is 13.8 Å². The first-order valence-electron chi connectivity index (χ1n) is 4.54. The zero-order valence-corrected chi connectivity index (χ0v) is 9.41. The molecule has 78 valence electrons. The Hall–Kier alpha value is 0.110. The monoisotopic (exact) mass is 208 g/mol. The van der Waals surface area contributed by atoms with Crippen LogP contribution in [0.15, 0.2) is 0 Å². The number of phosphoric ester groups is 1. The third-order valence-corrected chi connectivity index (χ3v) is 3.67. The Balaban J connectivity index is 2.57. The molecule has 1 rings (SSSR count). The zero-order chi connectivity index (χ0) is 10.1. The van der Waals surface area contributed by atoms with Gasteiger partial charge in [0.05, 0.1) is 18.8 Å². The van der Waals surface area contributed by atoms with E-state index < -0.39 is 7.82 Å². The van der Waals surface area contributed by atoms with Crippen molar-refractivity contribution in [1.29, 1.82) is 0 Å². The van der Waals surface area contributed by atoms with E-state index in [2.05, 4.69) is 0 Å². The van der Waals surface area contributed by atoms with Crippen LogP contribution in [-0.4, -0.2) is 18.8 Å². The van der Waals surface area contributed by atoms with Gasteiger partial charge in [0, 0.05) is 5.92 Å². The van der Waals surface area contributed by atoms with Crippen molar-refractivity contribution >= 4 is 7.82 Å². The fraction of sp³-hybridized carbons (Fsp3) is 1.00. The molecule has 1 saturated heterocycles. The van der Waals surface area contributed by atoms with Gasteiger partial charge < -0.3 is 0 Å². The van der Waals surface area contributed by atoms with Crippen LogP contribution in [-0.2, 0) is 18.1 Å². The lowest BCUT2D eigenvalue weighted by atomic mass is 10.1. The third kappa shape index (κ3) is 3.06. The maximum atomic E-state index is 11.7. The Morgan fingerprint density at radius 1 is 1.46 bits per heavy atom. The molecule has 0 aromatic heterocycles. The molecule has 0 aromatic carbocycles. The van der Waals surface area contributed by atoms with Gasteiger partial charge in [0.15, 0.2) is 0 Å². The maximum Gasteiger partial charge on any atom is 0.475 e. The Kier molecular flexibility index (Phi) is 3.52. The molecule has 5 heteroatoms. The van der Waals surface area contributed by atoms with Gasteiger partial charge in [-0.05, 0) is 20.8 Å². The molecule has 13 heavy (non-hydrogen) atoms. The molecule has 3 unspecified atom stereocenters. The minimum atomic E-state index is -3.26. The summed E-state index contributed by atoms with van der Waals surface area (Å²) < 4.78 is 27.1. The van der Waals surface area contributed by atoms with Crippen LogP contribution in [0.4, 0.5) is 0 Å². The van der Waals surface area contributed by atoms with E-state index in [1.165, 1.54) is 0 Å². The predicted molar refractivity (Wildman–Crippen MR) is 49.5 cm³/mol. The van der Waals surface area contributed by atoms with Crippen molar-refractivity contribution < 1.29 is 18.1 Å². The number of rotatable bonds is 2. The highest BCUT2D eigenvalue weighted by atomic mass is 31.2. The lowest BCUT2D eigenvalue weighted by molar-refractivity contribution is -0.00657. The number of phosphoric acid groups is 1. The van der Waals surface area contributed by atoms with E-state index in [0.717, 1.165) is 0 Å². The summed E-state index contributed by atoms with van der Waals surface area (Å²) in [5, 5.41) is 0. The molecule has 0 N–H and O–H groups in total. The first-order chi connectivity index (χ1) is 5.93. The van der Waals surface area contributed by atoms with E-state index in [4.69, 9.17) is 13.6 Å². The number of hydrogen-bond donors (Lipinski definition) is 0. The molecule has 0 bridgehead atoms. The highest BCUT2D eigenvalue weighted by Crippen LogP contribution is 2.55. The van der Waals surface area contributed by atoms with Crippen molar-refractivity contribution in [3.8, 4) is 0 Å². The van der Waals surface area contributed by atoms with Crippen LogP contribution in [0.3, 0.4) is 0 Å². The van der Waals surface area contributed by atoms with Crippen LogP contribution < -0.4 is 0 Å². The lowest BCUT2D eigenvalue weighted by Gasteiger charge is -2.31. The lowest BCUT2D eigenvalue weighted by Crippen LogP contribution is -2.28. The highest BCUT2D eigenvalue weighted by Gasteiger charge is 2.37. The van der Waals surface area contributed by atoms with E-state index >= 15 is 0 Å². The summed E-state index contributed by atoms with van der Waals surface area (Å²) in [6, 6.07) is 0. The van der Waals surface area contributed by atoms with Gasteiger partial charge in [-0.25, -0.2) is 4.57 Å². The highest BCUT2D eigenvalue weighted by molar-refractivity contribution is 7.48. The van der Waals surface area contributed by atoms with Crippen molar-refractivity contribution in [2.45, 2.75) is 39.9 Å². The molecule has 1 aliphatic rings. The normalized spacial score (nSPS) is 41.0. The average molecular weight is 208 g/mol. The maximum absolute atomic E-state index is 11.7. The van der Waals surface area contributed by atoms with Gasteiger partial charge in [0.25, 0.3) is 0 Å². The van der Waals surface area contributed by atoms with Crippen LogP contribution >= 0.6 is 7.82 Å². The van der Waals surface area contributed by atoms with Crippen molar-refractivity contribution in [3.05, 3.63) is 0 Å². The molecular formula is C8H17O4P. The molecule has 3 atom stereocenters. The Morgan fingerprint density at radius 3 is 2.54 bits per heavy atom. The molecule has 1 heterocycles. The first-order valence-corrected chi connectivity index (χ1v) is 6.00. The van der Waals surface area contributed by atoms with Gasteiger partial charge in [-0.3, -0.25) is 13.6 Å². The summed E-state index contributed by atoms with van der Waals surface area (Å²) in [6.45, 7) is 7.91. The first kappa shape index (κ1) is 11.2. The van der Waals surface area contributed by atoms with E-state index in [9.17, 15) is 4.57 Å². The summed E-state index contributed by atoms with van der Waals surface area (Å²) in [4.78, 5) is 0. The molecule has 0 aliphatic carbocycles. The topological polar surface area (TPSA) is 44.8 Å². The number of hydrogen-bond acceptors (Lipinski definition) is 4. The van der Waals surface area contributed by atoms with Crippen molar-refractivity contribution in [2.75, 3.05) is 6.61 Å². The molecule has 0 spiro atoms. The standard InChI is InChI=1S/C8H17O4P/c1-6(2)11-13(9)10-5-7(3)8(4)12-13/h6-8H,5H2,1-4H3.